The number of pyridine rings is 1. The van der Waals surface area contributed by atoms with Crippen LogP contribution in [0.4, 0.5) is 0 Å². The molecule has 2 aromatic rings. The predicted octanol–water partition coefficient (Wildman–Crippen LogP) is 0.401. The monoisotopic (exact) mass is 231 g/mol. The molecule has 88 valence electrons. The Morgan fingerprint density at radius 1 is 1.41 bits per heavy atom. The Balaban J connectivity index is 1.92. The maximum Gasteiger partial charge on any atom is 0.227 e. The Bertz CT molecular complexity index is 468. The average molecular weight is 231 g/mol. The van der Waals surface area contributed by atoms with E-state index >= 15 is 0 Å². The van der Waals surface area contributed by atoms with Gasteiger partial charge in [-0.15, -0.1) is 0 Å². The highest BCUT2D eigenvalue weighted by Gasteiger charge is 2.11. The summed E-state index contributed by atoms with van der Waals surface area (Å²) in [5, 5.41) is 6.46. The van der Waals surface area contributed by atoms with E-state index in [1.807, 2.05) is 12.1 Å². The lowest BCUT2D eigenvalue weighted by Gasteiger charge is -2.15. The molecule has 2 heterocycles. The van der Waals surface area contributed by atoms with E-state index in [2.05, 4.69) is 20.2 Å². The molecule has 1 amide bonds. The lowest BCUT2D eigenvalue weighted by atomic mass is 10.2. The van der Waals surface area contributed by atoms with E-state index in [4.69, 9.17) is 0 Å². The van der Waals surface area contributed by atoms with Crippen LogP contribution < -0.4 is 0 Å². The Labute approximate surface area is 98.7 Å². The zero-order chi connectivity index (χ0) is 12.1. The Morgan fingerprint density at radius 3 is 2.82 bits per heavy atom. The highest BCUT2D eigenvalue weighted by Crippen LogP contribution is 2.02. The molecular formula is C11H13N5O. The number of H-pyrrole nitrogens is 1. The van der Waals surface area contributed by atoms with E-state index in [9.17, 15) is 4.79 Å². The van der Waals surface area contributed by atoms with Gasteiger partial charge >= 0.3 is 0 Å². The maximum atomic E-state index is 11.9. The van der Waals surface area contributed by atoms with Crippen molar-refractivity contribution in [2.24, 2.45) is 0 Å². The summed E-state index contributed by atoms with van der Waals surface area (Å²) in [5.41, 5.74) is 0.953. The number of amides is 1. The van der Waals surface area contributed by atoms with E-state index in [0.29, 0.717) is 18.8 Å². The molecule has 0 saturated carbocycles. The minimum Gasteiger partial charge on any atom is -0.338 e. The Morgan fingerprint density at radius 2 is 2.18 bits per heavy atom. The molecule has 2 aromatic heterocycles. The first-order valence-corrected chi connectivity index (χ1v) is 5.23. The van der Waals surface area contributed by atoms with Crippen LogP contribution in [0.25, 0.3) is 0 Å². The van der Waals surface area contributed by atoms with Gasteiger partial charge in [-0.25, -0.2) is 4.98 Å². The second-order valence-corrected chi connectivity index (χ2v) is 3.71. The first-order chi connectivity index (χ1) is 8.25. The Kier molecular flexibility index (Phi) is 3.44. The minimum absolute atomic E-state index is 0.0348. The number of carbonyl (C=O) groups is 1. The van der Waals surface area contributed by atoms with Crippen molar-refractivity contribution in [1.29, 1.82) is 0 Å². The summed E-state index contributed by atoms with van der Waals surface area (Å²) in [6.45, 7) is 0.434. The van der Waals surface area contributed by atoms with Gasteiger partial charge in [-0.3, -0.25) is 14.9 Å². The van der Waals surface area contributed by atoms with Crippen molar-refractivity contribution < 1.29 is 4.79 Å². The third kappa shape index (κ3) is 3.10. The largest absolute Gasteiger partial charge is 0.338 e. The molecular weight excluding hydrogens is 218 g/mol. The van der Waals surface area contributed by atoms with Gasteiger partial charge in [-0.1, -0.05) is 0 Å². The fourth-order valence-electron chi connectivity index (χ4n) is 1.43. The quantitative estimate of drug-likeness (QED) is 0.826. The first kappa shape index (κ1) is 11.3. The lowest BCUT2D eigenvalue weighted by Crippen LogP contribution is -2.28. The minimum atomic E-state index is 0.0348. The zero-order valence-corrected chi connectivity index (χ0v) is 9.50. The number of hydrogen-bond donors (Lipinski definition) is 1. The smallest absolute Gasteiger partial charge is 0.227 e. The highest BCUT2D eigenvalue weighted by molar-refractivity contribution is 5.78. The average Bonchev–Trinajstić information content (AvgIpc) is 2.83. The molecule has 0 aliphatic rings. The fraction of sp³-hybridized carbons (Fsp3) is 0.273. The summed E-state index contributed by atoms with van der Waals surface area (Å²) in [7, 11) is 1.74. The van der Waals surface area contributed by atoms with Gasteiger partial charge in [-0.2, -0.15) is 5.10 Å². The van der Waals surface area contributed by atoms with Gasteiger partial charge in [-0.05, 0) is 17.7 Å². The van der Waals surface area contributed by atoms with Crippen LogP contribution in [0.3, 0.4) is 0 Å². The van der Waals surface area contributed by atoms with Crippen LogP contribution >= 0.6 is 0 Å². The van der Waals surface area contributed by atoms with Crippen molar-refractivity contribution >= 4 is 5.91 Å². The van der Waals surface area contributed by atoms with Crippen molar-refractivity contribution in [3.8, 4) is 0 Å². The molecule has 0 saturated heterocycles. The third-order valence-corrected chi connectivity index (χ3v) is 2.38. The van der Waals surface area contributed by atoms with Crippen LogP contribution in [-0.2, 0) is 17.8 Å². The van der Waals surface area contributed by atoms with Crippen molar-refractivity contribution in [1.82, 2.24) is 25.1 Å². The summed E-state index contributed by atoms with van der Waals surface area (Å²) in [6.07, 6.45) is 5.15. The number of likely N-dealkylation sites (N-methyl/N-ethyl adjacent to an activating group) is 1. The molecule has 6 heteroatoms. The van der Waals surface area contributed by atoms with Crippen LogP contribution in [0, 0.1) is 0 Å². The van der Waals surface area contributed by atoms with E-state index < -0.39 is 0 Å². The van der Waals surface area contributed by atoms with Crippen LogP contribution in [-0.4, -0.2) is 38.0 Å². The highest BCUT2D eigenvalue weighted by atomic mass is 16.2. The lowest BCUT2D eigenvalue weighted by molar-refractivity contribution is -0.129. The molecule has 0 aromatic carbocycles. The summed E-state index contributed by atoms with van der Waals surface area (Å²) < 4.78 is 0. The number of aromatic nitrogens is 4. The Hall–Kier alpha value is -2.24. The number of aromatic amines is 1. The van der Waals surface area contributed by atoms with E-state index in [1.165, 1.54) is 6.33 Å². The number of nitrogens with zero attached hydrogens (tertiary/aromatic N) is 4. The van der Waals surface area contributed by atoms with Gasteiger partial charge < -0.3 is 4.90 Å². The fourth-order valence-corrected chi connectivity index (χ4v) is 1.43. The number of carbonyl (C=O) groups excluding carboxylic acids is 1. The number of rotatable bonds is 4. The normalized spacial score (nSPS) is 10.2. The van der Waals surface area contributed by atoms with Crippen molar-refractivity contribution in [2.45, 2.75) is 13.0 Å². The molecule has 0 aliphatic carbocycles. The molecule has 17 heavy (non-hydrogen) atoms. The van der Waals surface area contributed by atoms with E-state index in [-0.39, 0.29) is 5.91 Å². The van der Waals surface area contributed by atoms with Crippen LogP contribution in [0.1, 0.15) is 11.4 Å². The summed E-state index contributed by atoms with van der Waals surface area (Å²) in [6, 6.07) is 3.67. The maximum absolute atomic E-state index is 11.9. The van der Waals surface area contributed by atoms with Crippen molar-refractivity contribution in [2.75, 3.05) is 7.05 Å². The molecule has 0 aliphatic heterocycles. The van der Waals surface area contributed by atoms with Gasteiger partial charge in [0.2, 0.25) is 5.91 Å². The number of hydrogen-bond acceptors (Lipinski definition) is 4. The van der Waals surface area contributed by atoms with Crippen LogP contribution in [0.5, 0.6) is 0 Å². The topological polar surface area (TPSA) is 74.8 Å². The molecule has 6 nitrogen and oxygen atoms in total. The van der Waals surface area contributed by atoms with E-state index in [0.717, 1.165) is 5.56 Å². The zero-order valence-electron chi connectivity index (χ0n) is 9.50. The molecule has 0 atom stereocenters. The molecule has 0 fully saturated rings. The molecule has 1 N–H and O–H groups in total. The molecule has 0 spiro atoms. The molecule has 0 unspecified atom stereocenters. The van der Waals surface area contributed by atoms with Crippen molar-refractivity contribution in [3.05, 3.63) is 42.2 Å². The van der Waals surface area contributed by atoms with Crippen molar-refractivity contribution in [3.63, 3.8) is 0 Å². The van der Waals surface area contributed by atoms with Gasteiger partial charge in [0.1, 0.15) is 12.2 Å². The first-order valence-electron chi connectivity index (χ1n) is 5.23. The second kappa shape index (κ2) is 5.20. The van der Waals surface area contributed by atoms with E-state index in [1.54, 1.807) is 24.3 Å². The summed E-state index contributed by atoms with van der Waals surface area (Å²) >= 11 is 0. The van der Waals surface area contributed by atoms with Gasteiger partial charge in [0.15, 0.2) is 0 Å². The SMILES string of the molecule is CN(Cc1ncn[nH]1)C(=O)Cc1ccncc1. The standard InChI is InChI=1S/C11H13N5O/c1-16(7-10-13-8-14-15-10)11(17)6-9-2-4-12-5-3-9/h2-5,8H,6-7H2,1H3,(H,13,14,15). The molecule has 0 radical (unpaired) electrons. The predicted molar refractivity (Wildman–Crippen MR) is 60.8 cm³/mol. The summed E-state index contributed by atoms with van der Waals surface area (Å²) in [4.78, 5) is 21.4. The summed E-state index contributed by atoms with van der Waals surface area (Å²) in [5.74, 6) is 0.711. The third-order valence-electron chi connectivity index (χ3n) is 2.38. The van der Waals surface area contributed by atoms with Gasteiger partial charge in [0.25, 0.3) is 0 Å². The second-order valence-electron chi connectivity index (χ2n) is 3.71. The van der Waals surface area contributed by atoms with Gasteiger partial charge in [0.05, 0.1) is 13.0 Å². The van der Waals surface area contributed by atoms with Crippen LogP contribution in [0.2, 0.25) is 0 Å². The molecule has 0 bridgehead atoms. The van der Waals surface area contributed by atoms with Crippen LogP contribution in [0.15, 0.2) is 30.9 Å². The van der Waals surface area contributed by atoms with Gasteiger partial charge in [0, 0.05) is 19.4 Å². The number of nitrogens with one attached hydrogen (secondary N) is 1. The molecule has 2 rings (SSSR count).